The van der Waals surface area contributed by atoms with Crippen LogP contribution in [0.5, 0.6) is 0 Å². The molecule has 40 heavy (non-hydrogen) atoms. The van der Waals surface area contributed by atoms with Gasteiger partial charge in [0.1, 0.15) is 17.5 Å². The van der Waals surface area contributed by atoms with E-state index in [1.807, 2.05) is 5.32 Å². The highest BCUT2D eigenvalue weighted by atomic mass is 19.2. The minimum Gasteiger partial charge on any atom is -0.351 e. The van der Waals surface area contributed by atoms with Crippen molar-refractivity contribution in [2.45, 2.75) is 70.2 Å². The van der Waals surface area contributed by atoms with E-state index in [0.29, 0.717) is 29.1 Å². The smallest absolute Gasteiger partial charge is 0.260 e. The number of hydrogen-bond donors (Lipinski definition) is 2. The van der Waals surface area contributed by atoms with E-state index in [4.69, 9.17) is 0 Å². The minimum atomic E-state index is -1.67. The summed E-state index contributed by atoms with van der Waals surface area (Å²) in [5, 5.41) is 5.66. The Morgan fingerprint density at radius 2 is 1.75 bits per heavy atom. The number of benzene rings is 1. The molecule has 1 aromatic carbocycles. The number of amides is 1. The van der Waals surface area contributed by atoms with Crippen LogP contribution in [0.25, 0.3) is 22.2 Å². The number of rotatable bonds is 7. The molecule has 2 heterocycles. The van der Waals surface area contributed by atoms with Gasteiger partial charge in [0.2, 0.25) is 11.9 Å². The summed E-state index contributed by atoms with van der Waals surface area (Å²) in [4.78, 5) is 36.7. The molecule has 2 atom stereocenters. The van der Waals surface area contributed by atoms with E-state index >= 15 is 4.39 Å². The number of alkyl halides is 1. The molecule has 1 amide bonds. The molecule has 2 aromatic heterocycles. The van der Waals surface area contributed by atoms with Crippen LogP contribution in [0, 0.1) is 23.4 Å². The summed E-state index contributed by atoms with van der Waals surface area (Å²) in [7, 11) is 4.14. The predicted molar refractivity (Wildman–Crippen MR) is 144 cm³/mol. The Bertz CT molecular complexity index is 1520. The molecule has 12 heteroatoms. The molecule has 5 rings (SSSR count). The average molecular weight is 561 g/mol. The number of pyridine rings is 1. The van der Waals surface area contributed by atoms with Crippen LogP contribution in [0.1, 0.15) is 52.0 Å². The second-order valence-electron chi connectivity index (χ2n) is 11.2. The van der Waals surface area contributed by atoms with Gasteiger partial charge < -0.3 is 15.5 Å². The SMILES string of the molecule is CC(C)n1c(=O)c(-c2cc(F)c(NC(=O)C3CC3F)c(F)c2F)cc2cnc(NC3CCC(N(C)C)CC3)nc21. The fraction of sp³-hybridized carbons (Fsp3) is 0.500. The van der Waals surface area contributed by atoms with Crippen molar-refractivity contribution in [1.29, 1.82) is 0 Å². The highest BCUT2D eigenvalue weighted by molar-refractivity contribution is 5.95. The molecule has 3 aromatic rings. The summed E-state index contributed by atoms with van der Waals surface area (Å²) in [5.41, 5.74) is -2.30. The number of aromatic nitrogens is 3. The molecule has 0 aliphatic heterocycles. The van der Waals surface area contributed by atoms with Gasteiger partial charge in [0.15, 0.2) is 17.5 Å². The molecule has 2 saturated carbocycles. The summed E-state index contributed by atoms with van der Waals surface area (Å²) in [5.74, 6) is -6.06. The minimum absolute atomic E-state index is 0.0572. The highest BCUT2D eigenvalue weighted by Gasteiger charge is 2.44. The van der Waals surface area contributed by atoms with Gasteiger partial charge in [-0.15, -0.1) is 0 Å². The van der Waals surface area contributed by atoms with Crippen LogP contribution in [0.2, 0.25) is 0 Å². The first kappa shape index (κ1) is 28.0. The van der Waals surface area contributed by atoms with Gasteiger partial charge in [0.05, 0.1) is 11.5 Å². The van der Waals surface area contributed by atoms with E-state index in [2.05, 4.69) is 34.3 Å². The van der Waals surface area contributed by atoms with Gasteiger partial charge in [-0.1, -0.05) is 0 Å². The van der Waals surface area contributed by atoms with E-state index in [9.17, 15) is 22.8 Å². The molecule has 2 unspecified atom stereocenters. The number of halogens is 4. The Labute approximate surface area is 228 Å². The first-order chi connectivity index (χ1) is 19.0. The summed E-state index contributed by atoms with van der Waals surface area (Å²) in [6.07, 6.45) is 4.01. The van der Waals surface area contributed by atoms with E-state index < -0.39 is 58.3 Å². The van der Waals surface area contributed by atoms with Crippen molar-refractivity contribution in [2.24, 2.45) is 5.92 Å². The third-order valence-corrected chi connectivity index (χ3v) is 7.80. The quantitative estimate of drug-likeness (QED) is 0.311. The number of nitrogens with zero attached hydrogens (tertiary/aromatic N) is 4. The molecule has 0 spiro atoms. The zero-order chi connectivity index (χ0) is 28.9. The molecule has 2 aliphatic carbocycles. The molecule has 0 saturated heterocycles. The third-order valence-electron chi connectivity index (χ3n) is 7.80. The fourth-order valence-electron chi connectivity index (χ4n) is 5.34. The number of hydrogen-bond acceptors (Lipinski definition) is 6. The van der Waals surface area contributed by atoms with Gasteiger partial charge in [-0.25, -0.2) is 22.5 Å². The third kappa shape index (κ3) is 5.28. The number of carbonyl (C=O) groups is 1. The molecule has 2 fully saturated rings. The van der Waals surface area contributed by atoms with Crippen LogP contribution in [0.4, 0.5) is 29.2 Å². The average Bonchev–Trinajstić information content (AvgIpc) is 3.65. The molecule has 2 N–H and O–H groups in total. The number of carbonyl (C=O) groups excluding carboxylic acids is 1. The second-order valence-corrected chi connectivity index (χ2v) is 11.2. The lowest BCUT2D eigenvalue weighted by atomic mass is 9.91. The van der Waals surface area contributed by atoms with E-state index in [0.717, 1.165) is 25.7 Å². The molecule has 0 radical (unpaired) electrons. The van der Waals surface area contributed by atoms with Crippen molar-refractivity contribution in [1.82, 2.24) is 19.4 Å². The lowest BCUT2D eigenvalue weighted by molar-refractivity contribution is -0.117. The van der Waals surface area contributed by atoms with Crippen molar-refractivity contribution in [2.75, 3.05) is 24.7 Å². The van der Waals surface area contributed by atoms with Gasteiger partial charge in [0.25, 0.3) is 5.56 Å². The van der Waals surface area contributed by atoms with E-state index in [1.54, 1.807) is 13.8 Å². The second kappa shape index (κ2) is 10.8. The molecular weight excluding hydrogens is 528 g/mol. The van der Waals surface area contributed by atoms with Gasteiger partial charge in [-0.3, -0.25) is 14.2 Å². The first-order valence-corrected chi connectivity index (χ1v) is 13.4. The topological polar surface area (TPSA) is 92.1 Å². The Balaban J connectivity index is 1.49. The normalized spacial score (nSPS) is 22.6. The van der Waals surface area contributed by atoms with Crippen LogP contribution in [-0.2, 0) is 4.79 Å². The largest absolute Gasteiger partial charge is 0.351 e. The molecule has 214 valence electrons. The summed E-state index contributed by atoms with van der Waals surface area (Å²) in [6, 6.07) is 2.25. The fourth-order valence-corrected chi connectivity index (χ4v) is 5.34. The Hall–Kier alpha value is -3.54. The summed E-state index contributed by atoms with van der Waals surface area (Å²) >= 11 is 0. The maximum Gasteiger partial charge on any atom is 0.260 e. The van der Waals surface area contributed by atoms with Crippen molar-refractivity contribution in [3.8, 4) is 11.1 Å². The lowest BCUT2D eigenvalue weighted by Gasteiger charge is -2.33. The number of fused-ring (bicyclic) bond motifs is 1. The van der Waals surface area contributed by atoms with Gasteiger partial charge in [0, 0.05) is 35.3 Å². The molecule has 0 bridgehead atoms. The summed E-state index contributed by atoms with van der Waals surface area (Å²) < 4.78 is 59.6. The zero-order valence-corrected chi connectivity index (χ0v) is 22.8. The van der Waals surface area contributed by atoms with Crippen molar-refractivity contribution in [3.05, 3.63) is 46.1 Å². The number of nitrogens with one attached hydrogen (secondary N) is 2. The lowest BCUT2D eigenvalue weighted by Crippen LogP contribution is -2.36. The van der Waals surface area contributed by atoms with Gasteiger partial charge >= 0.3 is 0 Å². The standard InChI is InChI=1S/C28H32F4N6O2/c1-13(2)38-25-14(12-33-28(36-25)34-15-5-7-16(8-6-15)37(3)4)9-18(27(38)40)17-10-21(30)24(23(32)22(17)31)35-26(39)19-11-20(19)29/h9-10,12-13,15-16,19-20H,5-8,11H2,1-4H3,(H,35,39)(H,33,34,36). The summed E-state index contributed by atoms with van der Waals surface area (Å²) in [6.45, 7) is 3.49. The van der Waals surface area contributed by atoms with Gasteiger partial charge in [-0.2, -0.15) is 4.98 Å². The van der Waals surface area contributed by atoms with E-state index in [-0.39, 0.29) is 18.0 Å². The van der Waals surface area contributed by atoms with E-state index in [1.165, 1.54) is 16.8 Å². The molecule has 2 aliphatic rings. The first-order valence-electron chi connectivity index (χ1n) is 13.4. The van der Waals surface area contributed by atoms with Crippen LogP contribution in [-0.4, -0.2) is 57.7 Å². The van der Waals surface area contributed by atoms with Gasteiger partial charge in [-0.05, 0) is 72.2 Å². The van der Waals surface area contributed by atoms with Crippen molar-refractivity contribution in [3.63, 3.8) is 0 Å². The van der Waals surface area contributed by atoms with Crippen molar-refractivity contribution >= 4 is 28.6 Å². The Morgan fingerprint density at radius 3 is 2.35 bits per heavy atom. The van der Waals surface area contributed by atoms with Crippen LogP contribution >= 0.6 is 0 Å². The molecule has 8 nitrogen and oxygen atoms in total. The monoisotopic (exact) mass is 560 g/mol. The van der Waals surface area contributed by atoms with Crippen LogP contribution in [0.3, 0.4) is 0 Å². The Morgan fingerprint density at radius 1 is 1.07 bits per heavy atom. The maximum atomic E-state index is 15.2. The van der Waals surface area contributed by atoms with Crippen LogP contribution in [0.15, 0.2) is 23.1 Å². The maximum absolute atomic E-state index is 15.2. The van der Waals surface area contributed by atoms with Crippen LogP contribution < -0.4 is 16.2 Å². The predicted octanol–water partition coefficient (Wildman–Crippen LogP) is 5.04. The zero-order valence-electron chi connectivity index (χ0n) is 22.8. The molecular formula is C28H32F4N6O2. The van der Waals surface area contributed by atoms with Crippen molar-refractivity contribution < 1.29 is 22.4 Å². The highest BCUT2D eigenvalue weighted by Crippen LogP contribution is 2.37. The Kier molecular flexibility index (Phi) is 7.56. The number of anilines is 2.